The third-order valence-corrected chi connectivity index (χ3v) is 4.90. The van der Waals surface area contributed by atoms with Crippen molar-refractivity contribution < 1.29 is 4.79 Å². The normalized spacial score (nSPS) is 15.5. The fourth-order valence-corrected chi connectivity index (χ4v) is 3.40. The summed E-state index contributed by atoms with van der Waals surface area (Å²) in [5.74, 6) is 0.616. The molecule has 3 aromatic rings. The molecule has 4 rings (SSSR count). The molecule has 0 saturated heterocycles. The molecule has 1 fully saturated rings. The molecule has 0 radical (unpaired) electrons. The molecule has 4 heteroatoms. The van der Waals surface area contributed by atoms with Crippen LogP contribution < -0.4 is 10.7 Å². The first kappa shape index (κ1) is 14.9. The maximum atomic E-state index is 12.7. The summed E-state index contributed by atoms with van der Waals surface area (Å²) in [6, 6.07) is 15.2. The molecule has 1 aliphatic carbocycles. The number of pyridine rings is 1. The van der Waals surface area contributed by atoms with E-state index in [0.717, 1.165) is 11.0 Å². The molecule has 1 N–H and O–H groups in total. The molecule has 1 amide bonds. The minimum absolute atomic E-state index is 0.00615. The second-order valence-corrected chi connectivity index (χ2v) is 6.64. The van der Waals surface area contributed by atoms with Crippen molar-refractivity contribution in [2.24, 2.45) is 5.92 Å². The summed E-state index contributed by atoms with van der Waals surface area (Å²) in [6.45, 7) is 2.29. The van der Waals surface area contributed by atoms with Crippen LogP contribution in [0.1, 0.15) is 19.8 Å². The summed E-state index contributed by atoms with van der Waals surface area (Å²) in [5.41, 5.74) is 1.62. The molecule has 1 atom stereocenters. The Morgan fingerprint density at radius 1 is 1.08 bits per heavy atom. The van der Waals surface area contributed by atoms with Gasteiger partial charge in [0.1, 0.15) is 6.54 Å². The summed E-state index contributed by atoms with van der Waals surface area (Å²) in [4.78, 5) is 25.2. The van der Waals surface area contributed by atoms with E-state index in [0.29, 0.717) is 16.7 Å². The van der Waals surface area contributed by atoms with E-state index in [1.165, 1.54) is 12.8 Å². The molecule has 2 aromatic carbocycles. The van der Waals surface area contributed by atoms with E-state index >= 15 is 0 Å². The lowest BCUT2D eigenvalue weighted by atomic mass is 10.1. The lowest BCUT2D eigenvalue weighted by Gasteiger charge is -2.17. The van der Waals surface area contributed by atoms with Crippen molar-refractivity contribution in [2.75, 3.05) is 0 Å². The van der Waals surface area contributed by atoms with Crippen molar-refractivity contribution in [3.8, 4) is 0 Å². The Balaban J connectivity index is 1.81. The minimum Gasteiger partial charge on any atom is -0.352 e. The van der Waals surface area contributed by atoms with Crippen LogP contribution >= 0.6 is 0 Å². The number of fused-ring (bicyclic) bond motifs is 2. The molecule has 1 saturated carbocycles. The van der Waals surface area contributed by atoms with Gasteiger partial charge in [-0.3, -0.25) is 9.59 Å². The highest BCUT2D eigenvalue weighted by Crippen LogP contribution is 2.32. The smallest absolute Gasteiger partial charge is 0.240 e. The van der Waals surface area contributed by atoms with Gasteiger partial charge in [0.05, 0.1) is 11.0 Å². The molecular weight excluding hydrogens is 300 g/mol. The molecule has 122 valence electrons. The number of hydrogen-bond acceptors (Lipinski definition) is 2. The van der Waals surface area contributed by atoms with Gasteiger partial charge in [0.25, 0.3) is 0 Å². The van der Waals surface area contributed by atoms with E-state index in [-0.39, 0.29) is 23.9 Å². The average molecular weight is 320 g/mol. The number of amides is 1. The SMILES string of the molecule is CC(NC(=O)Cn1c2ccccc2c(=O)c2ccccc21)C1CC1. The summed E-state index contributed by atoms with van der Waals surface area (Å²) >= 11 is 0. The predicted octanol–water partition coefficient (Wildman–Crippen LogP) is 3.07. The fourth-order valence-electron chi connectivity index (χ4n) is 3.40. The van der Waals surface area contributed by atoms with E-state index in [1.807, 2.05) is 53.1 Å². The molecule has 0 aliphatic heterocycles. The molecule has 1 unspecified atom stereocenters. The lowest BCUT2D eigenvalue weighted by molar-refractivity contribution is -0.122. The lowest BCUT2D eigenvalue weighted by Crippen LogP contribution is -2.36. The first-order valence-corrected chi connectivity index (χ1v) is 8.45. The van der Waals surface area contributed by atoms with E-state index < -0.39 is 0 Å². The zero-order valence-electron chi connectivity index (χ0n) is 13.7. The molecule has 1 aliphatic rings. The number of benzene rings is 2. The quantitative estimate of drug-likeness (QED) is 0.751. The second kappa shape index (κ2) is 5.78. The van der Waals surface area contributed by atoms with Crippen LogP contribution in [0.3, 0.4) is 0 Å². The molecule has 1 aromatic heterocycles. The van der Waals surface area contributed by atoms with Crippen molar-refractivity contribution in [3.63, 3.8) is 0 Å². The van der Waals surface area contributed by atoms with Crippen LogP contribution in [-0.2, 0) is 11.3 Å². The standard InChI is InChI=1S/C20H20N2O2/c1-13(14-10-11-14)21-19(23)12-22-17-8-4-2-6-15(17)20(24)16-7-3-5-9-18(16)22/h2-9,13-14H,10-12H2,1H3,(H,21,23). The number of para-hydroxylation sites is 2. The monoisotopic (exact) mass is 320 g/mol. The maximum absolute atomic E-state index is 12.7. The van der Waals surface area contributed by atoms with E-state index in [9.17, 15) is 9.59 Å². The van der Waals surface area contributed by atoms with Crippen LogP contribution in [0, 0.1) is 5.92 Å². The number of carbonyl (C=O) groups is 1. The maximum Gasteiger partial charge on any atom is 0.240 e. The first-order chi connectivity index (χ1) is 11.6. The number of carbonyl (C=O) groups excluding carboxylic acids is 1. The molecule has 0 bridgehead atoms. The van der Waals surface area contributed by atoms with Gasteiger partial charge in [-0.15, -0.1) is 0 Å². The van der Waals surface area contributed by atoms with Gasteiger partial charge in [-0.1, -0.05) is 24.3 Å². The van der Waals surface area contributed by atoms with Crippen LogP contribution in [-0.4, -0.2) is 16.5 Å². The Bertz CT molecular complexity index is 926. The van der Waals surface area contributed by atoms with Gasteiger partial charge in [0, 0.05) is 16.8 Å². The van der Waals surface area contributed by atoms with Crippen molar-refractivity contribution in [2.45, 2.75) is 32.4 Å². The molecule has 0 spiro atoms. The molecule has 1 heterocycles. The highest BCUT2D eigenvalue weighted by molar-refractivity contribution is 5.94. The number of nitrogens with one attached hydrogen (secondary N) is 1. The number of rotatable bonds is 4. The minimum atomic E-state index is -0.00615. The zero-order chi connectivity index (χ0) is 16.7. The van der Waals surface area contributed by atoms with Gasteiger partial charge >= 0.3 is 0 Å². The largest absolute Gasteiger partial charge is 0.352 e. The van der Waals surface area contributed by atoms with Crippen molar-refractivity contribution >= 4 is 27.7 Å². The Morgan fingerprint density at radius 2 is 1.62 bits per heavy atom. The molecular formula is C20H20N2O2. The Labute approximate surface area is 140 Å². The predicted molar refractivity (Wildman–Crippen MR) is 96.0 cm³/mol. The fraction of sp³-hybridized carbons (Fsp3) is 0.300. The topological polar surface area (TPSA) is 51.1 Å². The summed E-state index contributed by atoms with van der Waals surface area (Å²) in [6.07, 6.45) is 2.40. The van der Waals surface area contributed by atoms with Gasteiger partial charge in [-0.2, -0.15) is 0 Å². The number of hydrogen-bond donors (Lipinski definition) is 1. The van der Waals surface area contributed by atoms with Gasteiger partial charge in [-0.25, -0.2) is 0 Å². The third kappa shape index (κ3) is 2.58. The van der Waals surface area contributed by atoms with Gasteiger partial charge < -0.3 is 9.88 Å². The van der Waals surface area contributed by atoms with Crippen LogP contribution in [0.4, 0.5) is 0 Å². The van der Waals surface area contributed by atoms with E-state index in [2.05, 4.69) is 12.2 Å². The van der Waals surface area contributed by atoms with Crippen LogP contribution in [0.15, 0.2) is 53.3 Å². The average Bonchev–Trinajstić information content (AvgIpc) is 3.44. The number of aromatic nitrogens is 1. The number of nitrogens with zero attached hydrogens (tertiary/aromatic N) is 1. The Hall–Kier alpha value is -2.62. The molecule has 4 nitrogen and oxygen atoms in total. The van der Waals surface area contributed by atoms with E-state index in [4.69, 9.17) is 0 Å². The van der Waals surface area contributed by atoms with Crippen molar-refractivity contribution in [1.82, 2.24) is 9.88 Å². The highest BCUT2D eigenvalue weighted by atomic mass is 16.2. The Kier molecular flexibility index (Phi) is 3.60. The van der Waals surface area contributed by atoms with E-state index in [1.54, 1.807) is 0 Å². The van der Waals surface area contributed by atoms with Gasteiger partial charge in [-0.05, 0) is 49.9 Å². The highest BCUT2D eigenvalue weighted by Gasteiger charge is 2.29. The van der Waals surface area contributed by atoms with Crippen LogP contribution in [0.5, 0.6) is 0 Å². The first-order valence-electron chi connectivity index (χ1n) is 8.45. The summed E-state index contributed by atoms with van der Waals surface area (Å²) in [7, 11) is 0. The summed E-state index contributed by atoms with van der Waals surface area (Å²) in [5, 5.41) is 4.40. The Morgan fingerprint density at radius 3 is 2.17 bits per heavy atom. The third-order valence-electron chi connectivity index (χ3n) is 4.90. The summed E-state index contributed by atoms with van der Waals surface area (Å²) < 4.78 is 1.95. The van der Waals surface area contributed by atoms with Gasteiger partial charge in [0.2, 0.25) is 5.91 Å². The zero-order valence-corrected chi connectivity index (χ0v) is 13.7. The van der Waals surface area contributed by atoms with Crippen molar-refractivity contribution in [1.29, 1.82) is 0 Å². The second-order valence-electron chi connectivity index (χ2n) is 6.64. The molecule has 24 heavy (non-hydrogen) atoms. The van der Waals surface area contributed by atoms with Crippen LogP contribution in [0.2, 0.25) is 0 Å². The van der Waals surface area contributed by atoms with Crippen molar-refractivity contribution in [3.05, 3.63) is 58.8 Å². The van der Waals surface area contributed by atoms with Gasteiger partial charge in [0.15, 0.2) is 5.43 Å². The van der Waals surface area contributed by atoms with Crippen LogP contribution in [0.25, 0.3) is 21.8 Å².